The van der Waals surface area contributed by atoms with E-state index in [4.69, 9.17) is 5.73 Å². The minimum atomic E-state index is 0.535. The van der Waals surface area contributed by atoms with Crippen molar-refractivity contribution < 1.29 is 0 Å². The Hall–Kier alpha value is -1.90. The van der Waals surface area contributed by atoms with Gasteiger partial charge in [0.15, 0.2) is 0 Å². The largest absolute Gasteiger partial charge is 0.384 e. The van der Waals surface area contributed by atoms with Crippen molar-refractivity contribution in [2.45, 2.75) is 13.8 Å². The van der Waals surface area contributed by atoms with Crippen molar-refractivity contribution in [3.05, 3.63) is 42.9 Å². The summed E-state index contributed by atoms with van der Waals surface area (Å²) in [4.78, 5) is 8.03. The molecule has 0 bridgehead atoms. The second-order valence-corrected chi connectivity index (χ2v) is 2.71. The van der Waals surface area contributed by atoms with Crippen LogP contribution in [0.3, 0.4) is 0 Å². The molecule has 78 valence electrons. The van der Waals surface area contributed by atoms with Crippen molar-refractivity contribution in [3.63, 3.8) is 0 Å². The van der Waals surface area contributed by atoms with Crippen molar-refractivity contribution in [2.75, 3.05) is 5.73 Å². The van der Waals surface area contributed by atoms with Gasteiger partial charge in [0.05, 0.1) is 0 Å². The van der Waals surface area contributed by atoms with Crippen molar-refractivity contribution in [3.8, 4) is 11.1 Å². The van der Waals surface area contributed by atoms with Gasteiger partial charge in [0.2, 0.25) is 0 Å². The number of hydrogen-bond donors (Lipinski definition) is 1. The van der Waals surface area contributed by atoms with E-state index in [9.17, 15) is 0 Å². The van der Waals surface area contributed by atoms with Gasteiger partial charge in [-0.25, -0.2) is 4.98 Å². The Bertz CT molecular complexity index is 381. The zero-order valence-electron chi connectivity index (χ0n) is 9.01. The molecule has 2 N–H and O–H groups in total. The van der Waals surface area contributed by atoms with Crippen molar-refractivity contribution in [1.29, 1.82) is 0 Å². The number of nitrogen functional groups attached to an aromatic ring is 1. The van der Waals surface area contributed by atoms with Gasteiger partial charge in [-0.1, -0.05) is 19.9 Å². The normalized spacial score (nSPS) is 8.93. The highest BCUT2D eigenvalue weighted by Crippen LogP contribution is 2.16. The molecule has 2 rings (SSSR count). The SMILES string of the molecule is CC.Nc1ccc(-c2cccnc2)cn1. The lowest BCUT2D eigenvalue weighted by Gasteiger charge is -1.99. The molecule has 0 aliphatic carbocycles. The summed E-state index contributed by atoms with van der Waals surface area (Å²) in [5.74, 6) is 0.535. The van der Waals surface area contributed by atoms with Gasteiger partial charge >= 0.3 is 0 Å². The predicted octanol–water partition coefficient (Wildman–Crippen LogP) is 2.75. The van der Waals surface area contributed by atoms with Crippen LogP contribution < -0.4 is 5.73 Å². The molecule has 2 aromatic heterocycles. The third kappa shape index (κ3) is 3.06. The van der Waals surface area contributed by atoms with Crippen molar-refractivity contribution in [1.82, 2.24) is 9.97 Å². The smallest absolute Gasteiger partial charge is 0.123 e. The van der Waals surface area contributed by atoms with Crippen LogP contribution in [0.4, 0.5) is 5.82 Å². The summed E-state index contributed by atoms with van der Waals surface area (Å²) in [6.07, 6.45) is 5.29. The van der Waals surface area contributed by atoms with E-state index >= 15 is 0 Å². The van der Waals surface area contributed by atoms with Crippen molar-refractivity contribution in [2.24, 2.45) is 0 Å². The minimum absolute atomic E-state index is 0.535. The summed E-state index contributed by atoms with van der Waals surface area (Å²) < 4.78 is 0. The van der Waals surface area contributed by atoms with Crippen LogP contribution in [0.1, 0.15) is 13.8 Å². The third-order valence-corrected chi connectivity index (χ3v) is 1.78. The van der Waals surface area contributed by atoms with Crippen LogP contribution in [-0.2, 0) is 0 Å². The molecule has 2 aromatic rings. The molecule has 0 radical (unpaired) electrons. The van der Waals surface area contributed by atoms with Gasteiger partial charge in [-0.2, -0.15) is 0 Å². The number of anilines is 1. The highest BCUT2D eigenvalue weighted by atomic mass is 14.8. The summed E-state index contributed by atoms with van der Waals surface area (Å²) in [5.41, 5.74) is 7.56. The molecule has 2 heterocycles. The van der Waals surface area contributed by atoms with Gasteiger partial charge in [-0.05, 0) is 18.2 Å². The second kappa shape index (κ2) is 5.75. The highest BCUT2D eigenvalue weighted by Gasteiger charge is 1.95. The Morgan fingerprint density at radius 3 is 2.27 bits per heavy atom. The Kier molecular flexibility index (Phi) is 4.29. The van der Waals surface area contributed by atoms with E-state index in [-0.39, 0.29) is 0 Å². The number of nitrogens with two attached hydrogens (primary N) is 1. The maximum Gasteiger partial charge on any atom is 0.123 e. The maximum absolute atomic E-state index is 5.48. The summed E-state index contributed by atoms with van der Waals surface area (Å²) in [6.45, 7) is 4.00. The van der Waals surface area contributed by atoms with E-state index in [1.54, 1.807) is 24.7 Å². The third-order valence-electron chi connectivity index (χ3n) is 1.78. The summed E-state index contributed by atoms with van der Waals surface area (Å²) in [6, 6.07) is 7.59. The standard InChI is InChI=1S/C10H9N3.C2H6/c11-10-4-3-9(7-13-10)8-2-1-5-12-6-8;1-2/h1-7H,(H2,11,13);1-2H3. The zero-order valence-corrected chi connectivity index (χ0v) is 9.01. The fourth-order valence-corrected chi connectivity index (χ4v) is 1.11. The van der Waals surface area contributed by atoms with Crippen LogP contribution in [0.25, 0.3) is 11.1 Å². The average Bonchev–Trinajstić information content (AvgIpc) is 2.34. The van der Waals surface area contributed by atoms with Gasteiger partial charge in [0.25, 0.3) is 0 Å². The fraction of sp³-hybridized carbons (Fsp3) is 0.167. The molecule has 3 nitrogen and oxygen atoms in total. The molecule has 0 amide bonds. The molecule has 0 aliphatic heterocycles. The summed E-state index contributed by atoms with van der Waals surface area (Å²) in [5, 5.41) is 0. The lowest BCUT2D eigenvalue weighted by Crippen LogP contribution is -1.88. The van der Waals surface area contributed by atoms with E-state index in [0.717, 1.165) is 11.1 Å². The quantitative estimate of drug-likeness (QED) is 0.771. The average molecular weight is 201 g/mol. The molecule has 0 fully saturated rings. The first-order valence-corrected chi connectivity index (χ1v) is 4.98. The monoisotopic (exact) mass is 201 g/mol. The van der Waals surface area contributed by atoms with Crippen LogP contribution in [0, 0.1) is 0 Å². The lowest BCUT2D eigenvalue weighted by molar-refractivity contribution is 1.30. The zero-order chi connectivity index (χ0) is 11.1. The molecular weight excluding hydrogens is 186 g/mol. The van der Waals surface area contributed by atoms with E-state index < -0.39 is 0 Å². The number of pyridine rings is 2. The van der Waals surface area contributed by atoms with Gasteiger partial charge < -0.3 is 5.73 Å². The molecule has 0 unspecified atom stereocenters. The fourth-order valence-electron chi connectivity index (χ4n) is 1.11. The molecule has 0 saturated heterocycles. The molecule has 15 heavy (non-hydrogen) atoms. The first kappa shape index (κ1) is 11.2. The van der Waals surface area contributed by atoms with E-state index in [1.807, 2.05) is 32.0 Å². The lowest BCUT2D eigenvalue weighted by atomic mass is 10.1. The van der Waals surface area contributed by atoms with Gasteiger partial charge in [0, 0.05) is 29.7 Å². The van der Waals surface area contributed by atoms with Gasteiger partial charge in [-0.3, -0.25) is 4.98 Å². The Balaban J connectivity index is 0.000000531. The molecule has 0 spiro atoms. The summed E-state index contributed by atoms with van der Waals surface area (Å²) >= 11 is 0. The number of rotatable bonds is 1. The van der Waals surface area contributed by atoms with E-state index in [0.29, 0.717) is 5.82 Å². The Morgan fingerprint density at radius 1 is 1.00 bits per heavy atom. The Morgan fingerprint density at radius 2 is 1.73 bits per heavy atom. The van der Waals surface area contributed by atoms with Crippen LogP contribution in [0.2, 0.25) is 0 Å². The van der Waals surface area contributed by atoms with Gasteiger partial charge in [0.1, 0.15) is 5.82 Å². The second-order valence-electron chi connectivity index (χ2n) is 2.71. The van der Waals surface area contributed by atoms with Crippen molar-refractivity contribution >= 4 is 5.82 Å². The highest BCUT2D eigenvalue weighted by molar-refractivity contribution is 5.62. The molecule has 3 heteroatoms. The first-order chi connectivity index (χ1) is 7.36. The van der Waals surface area contributed by atoms with Crippen LogP contribution in [0.5, 0.6) is 0 Å². The molecule has 0 aliphatic rings. The summed E-state index contributed by atoms with van der Waals surface area (Å²) in [7, 11) is 0. The van der Waals surface area contributed by atoms with Crippen LogP contribution >= 0.6 is 0 Å². The minimum Gasteiger partial charge on any atom is -0.384 e. The van der Waals surface area contributed by atoms with E-state index in [2.05, 4.69) is 9.97 Å². The molecule has 0 atom stereocenters. The maximum atomic E-state index is 5.48. The van der Waals surface area contributed by atoms with Crippen LogP contribution in [0.15, 0.2) is 42.9 Å². The van der Waals surface area contributed by atoms with Crippen LogP contribution in [-0.4, -0.2) is 9.97 Å². The molecule has 0 aromatic carbocycles. The Labute approximate surface area is 90.0 Å². The van der Waals surface area contributed by atoms with Gasteiger partial charge in [-0.15, -0.1) is 0 Å². The topological polar surface area (TPSA) is 51.8 Å². The molecular formula is C12H15N3. The van der Waals surface area contributed by atoms with E-state index in [1.165, 1.54) is 0 Å². The molecule has 0 saturated carbocycles. The number of hydrogen-bond acceptors (Lipinski definition) is 3. The first-order valence-electron chi connectivity index (χ1n) is 4.98. The number of nitrogens with zero attached hydrogens (tertiary/aromatic N) is 2. The number of aromatic nitrogens is 2. The predicted molar refractivity (Wildman–Crippen MR) is 63.2 cm³/mol.